The van der Waals surface area contributed by atoms with E-state index in [-0.39, 0.29) is 24.7 Å². The summed E-state index contributed by atoms with van der Waals surface area (Å²) in [6.45, 7) is 6.80. The first kappa shape index (κ1) is 16.8. The number of carbonyl (C=O) groups is 1. The molecule has 2 amide bonds. The lowest BCUT2D eigenvalue weighted by Crippen LogP contribution is -2.50. The van der Waals surface area contributed by atoms with E-state index in [1.807, 2.05) is 37.3 Å². The normalized spacial score (nSPS) is 21.6. The Bertz CT molecular complexity index is 484. The zero-order valence-corrected chi connectivity index (χ0v) is 13.6. The van der Waals surface area contributed by atoms with Gasteiger partial charge in [-0.2, -0.15) is 0 Å². The quantitative estimate of drug-likeness (QED) is 0.876. The third-order valence-corrected chi connectivity index (χ3v) is 3.77. The standard InChI is InChI=1S/C17H26N2O3/c1-13-15(9-10-22-13)18-16(20)19(12-17(2,3)21)11-14-7-5-4-6-8-14/h4-8,13,15,21H,9-12H2,1-3H3,(H,18,20). The molecule has 22 heavy (non-hydrogen) atoms. The SMILES string of the molecule is CC1OCCC1NC(=O)N(Cc1ccccc1)CC(C)(C)O. The van der Waals surface area contributed by atoms with Crippen LogP contribution in [0.3, 0.4) is 0 Å². The molecule has 1 saturated heterocycles. The molecule has 0 saturated carbocycles. The molecule has 1 aromatic carbocycles. The molecular formula is C17H26N2O3. The van der Waals surface area contributed by atoms with Crippen molar-refractivity contribution in [2.45, 2.75) is 51.5 Å². The lowest BCUT2D eigenvalue weighted by Gasteiger charge is -2.31. The van der Waals surface area contributed by atoms with Gasteiger partial charge in [-0.3, -0.25) is 0 Å². The third-order valence-electron chi connectivity index (χ3n) is 3.77. The number of amides is 2. The molecule has 0 aromatic heterocycles. The minimum Gasteiger partial charge on any atom is -0.389 e. The van der Waals surface area contributed by atoms with Crippen molar-refractivity contribution < 1.29 is 14.6 Å². The van der Waals surface area contributed by atoms with E-state index in [1.54, 1.807) is 18.7 Å². The Labute approximate surface area is 132 Å². The van der Waals surface area contributed by atoms with Gasteiger partial charge < -0.3 is 20.1 Å². The molecule has 2 N–H and O–H groups in total. The predicted octanol–water partition coefficient (Wildman–Crippen LogP) is 2.15. The highest BCUT2D eigenvalue weighted by Gasteiger charge is 2.29. The van der Waals surface area contributed by atoms with E-state index in [0.717, 1.165) is 12.0 Å². The van der Waals surface area contributed by atoms with Crippen molar-refractivity contribution in [1.82, 2.24) is 10.2 Å². The fourth-order valence-corrected chi connectivity index (χ4v) is 2.64. The van der Waals surface area contributed by atoms with Gasteiger partial charge in [-0.05, 0) is 32.8 Å². The average Bonchev–Trinajstić information content (AvgIpc) is 2.83. The first-order valence-electron chi connectivity index (χ1n) is 7.78. The van der Waals surface area contributed by atoms with E-state index in [9.17, 15) is 9.90 Å². The number of hydrogen-bond donors (Lipinski definition) is 2. The van der Waals surface area contributed by atoms with E-state index < -0.39 is 5.60 Å². The summed E-state index contributed by atoms with van der Waals surface area (Å²) in [5.74, 6) is 0. The predicted molar refractivity (Wildman–Crippen MR) is 85.5 cm³/mol. The lowest BCUT2D eigenvalue weighted by molar-refractivity contribution is 0.0434. The molecule has 0 spiro atoms. The van der Waals surface area contributed by atoms with E-state index in [4.69, 9.17) is 4.74 Å². The van der Waals surface area contributed by atoms with E-state index in [2.05, 4.69) is 5.32 Å². The van der Waals surface area contributed by atoms with Gasteiger partial charge in [-0.25, -0.2) is 4.79 Å². The van der Waals surface area contributed by atoms with Gasteiger partial charge in [-0.1, -0.05) is 30.3 Å². The number of nitrogens with zero attached hydrogens (tertiary/aromatic N) is 1. The van der Waals surface area contributed by atoms with Crippen LogP contribution in [0.1, 0.15) is 32.8 Å². The molecule has 0 aliphatic carbocycles. The third kappa shape index (κ3) is 5.00. The van der Waals surface area contributed by atoms with Gasteiger partial charge in [0.15, 0.2) is 0 Å². The molecule has 0 bridgehead atoms. The Hall–Kier alpha value is -1.59. The van der Waals surface area contributed by atoms with E-state index >= 15 is 0 Å². The molecule has 1 aliphatic heterocycles. The number of nitrogens with one attached hydrogen (secondary N) is 1. The summed E-state index contributed by atoms with van der Waals surface area (Å²) in [5.41, 5.74) is 0.0989. The monoisotopic (exact) mass is 306 g/mol. The Balaban J connectivity index is 2.04. The van der Waals surface area contributed by atoms with Crippen molar-refractivity contribution in [2.24, 2.45) is 0 Å². The summed E-state index contributed by atoms with van der Waals surface area (Å²) in [5, 5.41) is 13.1. The van der Waals surface area contributed by atoms with Gasteiger partial charge in [0.1, 0.15) is 0 Å². The van der Waals surface area contributed by atoms with Crippen molar-refractivity contribution in [3.8, 4) is 0 Å². The number of aliphatic hydroxyl groups is 1. The molecule has 1 fully saturated rings. The molecule has 5 nitrogen and oxygen atoms in total. The summed E-state index contributed by atoms with van der Waals surface area (Å²) in [7, 11) is 0. The van der Waals surface area contributed by atoms with Crippen LogP contribution in [0, 0.1) is 0 Å². The topological polar surface area (TPSA) is 61.8 Å². The maximum absolute atomic E-state index is 12.6. The second kappa shape index (κ2) is 7.11. The minimum atomic E-state index is -0.941. The Morgan fingerprint density at radius 3 is 2.64 bits per heavy atom. The molecule has 122 valence electrons. The molecule has 2 unspecified atom stereocenters. The summed E-state index contributed by atoms with van der Waals surface area (Å²) in [4.78, 5) is 14.2. The van der Waals surface area contributed by atoms with Gasteiger partial charge in [0.2, 0.25) is 0 Å². The van der Waals surface area contributed by atoms with Crippen LogP contribution >= 0.6 is 0 Å². The highest BCUT2D eigenvalue weighted by molar-refractivity contribution is 5.74. The lowest BCUT2D eigenvalue weighted by atomic mass is 10.1. The minimum absolute atomic E-state index is 0.0321. The molecule has 2 rings (SSSR count). The van der Waals surface area contributed by atoms with Crippen LogP contribution in [0.2, 0.25) is 0 Å². The molecular weight excluding hydrogens is 280 g/mol. The molecule has 1 aromatic rings. The second-order valence-electron chi connectivity index (χ2n) is 6.57. The molecule has 0 radical (unpaired) electrons. The highest BCUT2D eigenvalue weighted by atomic mass is 16.5. The van der Waals surface area contributed by atoms with Crippen molar-refractivity contribution >= 4 is 6.03 Å². The average molecular weight is 306 g/mol. The number of hydrogen-bond acceptors (Lipinski definition) is 3. The van der Waals surface area contributed by atoms with Crippen LogP contribution in [0.5, 0.6) is 0 Å². The van der Waals surface area contributed by atoms with Gasteiger partial charge in [-0.15, -0.1) is 0 Å². The van der Waals surface area contributed by atoms with Gasteiger partial charge >= 0.3 is 6.03 Å². The Kier molecular flexibility index (Phi) is 5.42. The fourth-order valence-electron chi connectivity index (χ4n) is 2.64. The zero-order valence-electron chi connectivity index (χ0n) is 13.6. The van der Waals surface area contributed by atoms with Gasteiger partial charge in [0.05, 0.1) is 24.3 Å². The largest absolute Gasteiger partial charge is 0.389 e. The first-order valence-corrected chi connectivity index (χ1v) is 7.78. The Morgan fingerprint density at radius 2 is 2.09 bits per heavy atom. The number of carbonyl (C=O) groups excluding carboxylic acids is 1. The Morgan fingerprint density at radius 1 is 1.41 bits per heavy atom. The summed E-state index contributed by atoms with van der Waals surface area (Å²) < 4.78 is 5.48. The summed E-state index contributed by atoms with van der Waals surface area (Å²) in [6.07, 6.45) is 0.860. The molecule has 5 heteroatoms. The number of benzene rings is 1. The van der Waals surface area contributed by atoms with Crippen LogP contribution in [-0.2, 0) is 11.3 Å². The van der Waals surface area contributed by atoms with Crippen LogP contribution in [0.4, 0.5) is 4.79 Å². The molecule has 2 atom stereocenters. The van der Waals surface area contributed by atoms with Gasteiger partial charge in [0.25, 0.3) is 0 Å². The second-order valence-corrected chi connectivity index (χ2v) is 6.57. The summed E-state index contributed by atoms with van der Waals surface area (Å²) in [6, 6.07) is 9.67. The van der Waals surface area contributed by atoms with E-state index in [1.165, 1.54) is 0 Å². The first-order chi connectivity index (χ1) is 10.3. The zero-order chi connectivity index (χ0) is 16.2. The molecule has 1 heterocycles. The molecule has 1 aliphatic rings. The van der Waals surface area contributed by atoms with E-state index in [0.29, 0.717) is 13.2 Å². The van der Waals surface area contributed by atoms with Crippen LogP contribution in [0.25, 0.3) is 0 Å². The maximum atomic E-state index is 12.6. The summed E-state index contributed by atoms with van der Waals surface area (Å²) >= 11 is 0. The van der Waals surface area contributed by atoms with Gasteiger partial charge in [0, 0.05) is 13.2 Å². The van der Waals surface area contributed by atoms with Crippen molar-refractivity contribution in [1.29, 1.82) is 0 Å². The van der Waals surface area contributed by atoms with Crippen molar-refractivity contribution in [2.75, 3.05) is 13.2 Å². The maximum Gasteiger partial charge on any atom is 0.318 e. The smallest absolute Gasteiger partial charge is 0.318 e. The number of ether oxygens (including phenoxy) is 1. The van der Waals surface area contributed by atoms with Crippen molar-refractivity contribution in [3.63, 3.8) is 0 Å². The van der Waals surface area contributed by atoms with Crippen LogP contribution < -0.4 is 5.32 Å². The van der Waals surface area contributed by atoms with Crippen LogP contribution in [0.15, 0.2) is 30.3 Å². The van der Waals surface area contributed by atoms with Crippen molar-refractivity contribution in [3.05, 3.63) is 35.9 Å². The number of urea groups is 1. The fraction of sp³-hybridized carbons (Fsp3) is 0.588. The van der Waals surface area contributed by atoms with Crippen LogP contribution in [-0.4, -0.2) is 46.9 Å². The number of rotatable bonds is 5. The highest BCUT2D eigenvalue weighted by Crippen LogP contribution is 2.15.